The Morgan fingerprint density at radius 3 is 2.82 bits per heavy atom. The molecule has 0 unspecified atom stereocenters. The van der Waals surface area contributed by atoms with Crippen molar-refractivity contribution in [2.75, 3.05) is 18.5 Å². The molecule has 1 aromatic heterocycles. The second-order valence-corrected chi connectivity index (χ2v) is 5.66. The molecule has 1 N–H and O–H groups in total. The smallest absolute Gasteiger partial charge is 0.304 e. The first-order valence-corrected chi connectivity index (χ1v) is 6.48. The summed E-state index contributed by atoms with van der Waals surface area (Å²) in [6, 6.07) is 1.48. The third-order valence-corrected chi connectivity index (χ3v) is 4.31. The van der Waals surface area contributed by atoms with E-state index < -0.39 is 6.10 Å². The van der Waals surface area contributed by atoms with Crippen LogP contribution in [0, 0.1) is 16.0 Å². The zero-order chi connectivity index (χ0) is 12.6. The van der Waals surface area contributed by atoms with Gasteiger partial charge in [-0.25, -0.2) is 0 Å². The zero-order valence-electron chi connectivity index (χ0n) is 9.92. The Morgan fingerprint density at radius 2 is 2.35 bits per heavy atom. The topological polar surface area (TPSA) is 66.6 Å². The summed E-state index contributed by atoms with van der Waals surface area (Å²) in [5.74, 6) is 0.678. The third-order valence-electron chi connectivity index (χ3n) is 2.90. The summed E-state index contributed by atoms with van der Waals surface area (Å²) in [5, 5.41) is 21.1. The van der Waals surface area contributed by atoms with Crippen LogP contribution in [0.3, 0.4) is 0 Å². The molecule has 1 aliphatic carbocycles. The number of anilines is 1. The predicted molar refractivity (Wildman–Crippen MR) is 67.6 cm³/mol. The molecule has 6 heteroatoms. The monoisotopic (exact) mass is 256 g/mol. The quantitative estimate of drug-likeness (QED) is 0.649. The molecule has 2 rings (SSSR count). The van der Waals surface area contributed by atoms with Gasteiger partial charge >= 0.3 is 5.69 Å². The number of aliphatic hydroxyl groups excluding tert-OH is 1. The van der Waals surface area contributed by atoms with Crippen LogP contribution in [0.25, 0.3) is 0 Å². The Bertz CT molecular complexity index is 426. The third kappa shape index (κ3) is 2.76. The lowest BCUT2D eigenvalue weighted by Crippen LogP contribution is -2.19. The van der Waals surface area contributed by atoms with E-state index >= 15 is 0 Å². The minimum atomic E-state index is -0.651. The number of rotatable bonds is 5. The minimum absolute atomic E-state index is 0.106. The van der Waals surface area contributed by atoms with Gasteiger partial charge in [-0.1, -0.05) is 0 Å². The number of thiophene rings is 1. The summed E-state index contributed by atoms with van der Waals surface area (Å²) in [5.41, 5.74) is 0.106. The maximum absolute atomic E-state index is 11.0. The highest BCUT2D eigenvalue weighted by Gasteiger charge is 2.28. The Balaban J connectivity index is 2.25. The fraction of sp³-hybridized carbons (Fsp3) is 0.636. The molecule has 17 heavy (non-hydrogen) atoms. The van der Waals surface area contributed by atoms with Crippen LogP contribution in [0.5, 0.6) is 0 Å². The van der Waals surface area contributed by atoms with Crippen molar-refractivity contribution < 1.29 is 10.0 Å². The van der Waals surface area contributed by atoms with Crippen molar-refractivity contribution in [1.82, 2.24) is 0 Å². The van der Waals surface area contributed by atoms with Gasteiger partial charge in [-0.2, -0.15) is 0 Å². The fourth-order valence-electron chi connectivity index (χ4n) is 1.77. The summed E-state index contributed by atoms with van der Waals surface area (Å²) in [6.45, 7) is 2.49. The van der Waals surface area contributed by atoms with E-state index in [4.69, 9.17) is 0 Å². The molecule has 1 aromatic rings. The molecule has 1 atom stereocenters. The first-order chi connectivity index (χ1) is 7.99. The Labute approximate surface area is 104 Å². The van der Waals surface area contributed by atoms with E-state index in [-0.39, 0.29) is 10.6 Å². The van der Waals surface area contributed by atoms with Crippen LogP contribution < -0.4 is 4.90 Å². The van der Waals surface area contributed by atoms with Gasteiger partial charge in [0.15, 0.2) is 5.00 Å². The Morgan fingerprint density at radius 1 is 1.71 bits per heavy atom. The number of hydrogen-bond acceptors (Lipinski definition) is 5. The van der Waals surface area contributed by atoms with Crippen molar-refractivity contribution in [3.8, 4) is 0 Å². The van der Waals surface area contributed by atoms with Crippen molar-refractivity contribution in [1.29, 1.82) is 0 Å². The lowest BCUT2D eigenvalue weighted by atomic mass is 10.3. The van der Waals surface area contributed by atoms with E-state index in [0.29, 0.717) is 15.8 Å². The lowest BCUT2D eigenvalue weighted by molar-refractivity contribution is -0.383. The molecule has 0 saturated heterocycles. The van der Waals surface area contributed by atoms with E-state index in [1.165, 1.54) is 30.2 Å². The molecule has 1 aliphatic rings. The minimum Gasteiger partial charge on any atom is -0.388 e. The summed E-state index contributed by atoms with van der Waals surface area (Å²) >= 11 is 1.31. The molecule has 0 aliphatic heterocycles. The molecule has 0 spiro atoms. The van der Waals surface area contributed by atoms with Gasteiger partial charge in [-0.05, 0) is 25.7 Å². The summed E-state index contributed by atoms with van der Waals surface area (Å²) < 4.78 is 0. The molecular formula is C11H16N2O3S. The zero-order valence-corrected chi connectivity index (χ0v) is 10.7. The molecule has 0 radical (unpaired) electrons. The van der Waals surface area contributed by atoms with Gasteiger partial charge < -0.3 is 10.0 Å². The molecule has 94 valence electrons. The number of nitro groups is 1. The highest BCUT2D eigenvalue weighted by atomic mass is 32.1. The van der Waals surface area contributed by atoms with Gasteiger partial charge in [0, 0.05) is 24.5 Å². The van der Waals surface area contributed by atoms with Crippen LogP contribution in [0.4, 0.5) is 10.7 Å². The van der Waals surface area contributed by atoms with Crippen molar-refractivity contribution in [3.63, 3.8) is 0 Å². The summed E-state index contributed by atoms with van der Waals surface area (Å²) in [6.07, 6.45) is 1.78. The average molecular weight is 256 g/mol. The van der Waals surface area contributed by atoms with E-state index in [9.17, 15) is 15.2 Å². The molecule has 1 saturated carbocycles. The molecule has 5 nitrogen and oxygen atoms in total. The lowest BCUT2D eigenvalue weighted by Gasteiger charge is -2.15. The van der Waals surface area contributed by atoms with E-state index in [1.807, 2.05) is 11.9 Å². The van der Waals surface area contributed by atoms with Gasteiger partial charge in [0.1, 0.15) is 0 Å². The maximum atomic E-state index is 11.0. The van der Waals surface area contributed by atoms with Crippen LogP contribution in [-0.2, 0) is 0 Å². The Kier molecular flexibility index (Phi) is 3.35. The molecule has 0 aromatic carbocycles. The average Bonchev–Trinajstić information content (AvgIpc) is 2.93. The van der Waals surface area contributed by atoms with Crippen molar-refractivity contribution in [3.05, 3.63) is 21.1 Å². The first kappa shape index (κ1) is 12.3. The van der Waals surface area contributed by atoms with Gasteiger partial charge in [-0.15, -0.1) is 11.3 Å². The standard InChI is InChI=1S/C11H16N2O3S/c1-7(14)10-5-9(13(15)16)11(17-10)12(2)6-8-3-4-8/h5,7-8,14H,3-4,6H2,1-2H3/t7-/m1/s1. The maximum Gasteiger partial charge on any atom is 0.304 e. The Hall–Kier alpha value is -1.14. The molecular weight excluding hydrogens is 240 g/mol. The predicted octanol–water partition coefficient (Wildman–Crippen LogP) is 2.56. The van der Waals surface area contributed by atoms with Crippen LogP contribution in [0.15, 0.2) is 6.07 Å². The first-order valence-electron chi connectivity index (χ1n) is 5.66. The molecule has 0 amide bonds. The van der Waals surface area contributed by atoms with Crippen molar-refractivity contribution in [2.45, 2.75) is 25.9 Å². The van der Waals surface area contributed by atoms with Crippen LogP contribution >= 0.6 is 11.3 Å². The number of nitrogens with zero attached hydrogens (tertiary/aromatic N) is 2. The largest absolute Gasteiger partial charge is 0.388 e. The van der Waals surface area contributed by atoms with Gasteiger partial charge in [0.25, 0.3) is 0 Å². The van der Waals surface area contributed by atoms with Crippen LogP contribution in [0.2, 0.25) is 0 Å². The van der Waals surface area contributed by atoms with E-state index in [0.717, 1.165) is 6.54 Å². The van der Waals surface area contributed by atoms with Crippen LogP contribution in [0.1, 0.15) is 30.7 Å². The highest BCUT2D eigenvalue weighted by Crippen LogP contribution is 2.41. The van der Waals surface area contributed by atoms with E-state index in [1.54, 1.807) is 6.92 Å². The van der Waals surface area contributed by atoms with Gasteiger partial charge in [0.05, 0.1) is 11.0 Å². The summed E-state index contributed by atoms with van der Waals surface area (Å²) in [7, 11) is 1.88. The van der Waals surface area contributed by atoms with Crippen molar-refractivity contribution >= 4 is 22.0 Å². The normalized spacial score (nSPS) is 16.9. The molecule has 1 heterocycles. The highest BCUT2D eigenvalue weighted by molar-refractivity contribution is 7.16. The fourth-order valence-corrected chi connectivity index (χ4v) is 2.80. The molecule has 1 fully saturated rings. The van der Waals surface area contributed by atoms with Crippen LogP contribution in [-0.4, -0.2) is 23.6 Å². The summed E-state index contributed by atoms with van der Waals surface area (Å²) in [4.78, 5) is 13.2. The van der Waals surface area contributed by atoms with Gasteiger partial charge in [0.2, 0.25) is 0 Å². The number of aliphatic hydroxyl groups is 1. The molecule has 0 bridgehead atoms. The van der Waals surface area contributed by atoms with E-state index in [2.05, 4.69) is 0 Å². The second kappa shape index (κ2) is 4.62. The van der Waals surface area contributed by atoms with Crippen molar-refractivity contribution in [2.24, 2.45) is 5.92 Å². The SMILES string of the molecule is C[C@@H](O)c1cc([N+](=O)[O-])c(N(C)CC2CC2)s1. The van der Waals surface area contributed by atoms with Gasteiger partial charge in [-0.3, -0.25) is 10.1 Å². The number of hydrogen-bond donors (Lipinski definition) is 1. The second-order valence-electron chi connectivity index (χ2n) is 4.60.